The zero-order chi connectivity index (χ0) is 13.7. The highest BCUT2D eigenvalue weighted by Crippen LogP contribution is 2.17. The summed E-state index contributed by atoms with van der Waals surface area (Å²) in [7, 11) is 3.55. The fourth-order valence-electron chi connectivity index (χ4n) is 1.25. The van der Waals surface area contributed by atoms with Crippen LogP contribution in [0, 0.1) is 0 Å². The summed E-state index contributed by atoms with van der Waals surface area (Å²) in [6.07, 6.45) is -0.329. The largest absolute Gasteiger partial charge is 0.464 e. The van der Waals surface area contributed by atoms with Gasteiger partial charge in [0, 0.05) is 32.1 Å². The summed E-state index contributed by atoms with van der Waals surface area (Å²) < 4.78 is 4.61. The van der Waals surface area contributed by atoms with Crippen molar-refractivity contribution in [3.63, 3.8) is 0 Å². The normalized spacial score (nSPS) is 13.8. The van der Waals surface area contributed by atoms with E-state index in [0.29, 0.717) is 5.95 Å². The molecule has 2 N–H and O–H groups in total. The highest BCUT2D eigenvalue weighted by molar-refractivity contribution is 5.75. The van der Waals surface area contributed by atoms with Gasteiger partial charge in [0.1, 0.15) is 6.10 Å². The number of hydrogen-bond acceptors (Lipinski definition) is 7. The van der Waals surface area contributed by atoms with Crippen molar-refractivity contribution in [2.75, 3.05) is 25.6 Å². The molecular weight excluding hydrogens is 238 g/mol. The van der Waals surface area contributed by atoms with E-state index in [9.17, 15) is 15.0 Å². The van der Waals surface area contributed by atoms with Crippen molar-refractivity contribution < 1.29 is 19.7 Å². The second-order valence-corrected chi connectivity index (χ2v) is 3.85. The predicted octanol–water partition coefficient (Wildman–Crippen LogP) is -0.500. The Kier molecular flexibility index (Phi) is 4.99. The molecule has 1 rings (SSSR count). The van der Waals surface area contributed by atoms with E-state index in [4.69, 9.17) is 0 Å². The minimum absolute atomic E-state index is 0.138. The summed E-state index contributed by atoms with van der Waals surface area (Å²) in [5.41, 5.74) is 0.251. The van der Waals surface area contributed by atoms with Crippen molar-refractivity contribution in [1.82, 2.24) is 9.97 Å². The van der Waals surface area contributed by atoms with E-state index in [1.165, 1.54) is 12.4 Å². The molecular formula is C11H17N3O4. The molecule has 0 amide bonds. The Labute approximate surface area is 105 Å². The van der Waals surface area contributed by atoms with Crippen LogP contribution >= 0.6 is 0 Å². The SMILES string of the molecule is CCOC(=O)C(O)C(O)c1cnc(N(C)C)nc1. The molecule has 1 aromatic heterocycles. The van der Waals surface area contributed by atoms with E-state index in [0.717, 1.165) is 0 Å². The van der Waals surface area contributed by atoms with Crippen molar-refractivity contribution in [2.24, 2.45) is 0 Å². The molecule has 0 saturated carbocycles. The Morgan fingerprint density at radius 1 is 1.39 bits per heavy atom. The fourth-order valence-corrected chi connectivity index (χ4v) is 1.25. The molecule has 2 atom stereocenters. The number of aliphatic hydroxyl groups is 2. The average molecular weight is 255 g/mol. The standard InChI is InChI=1S/C11H17N3O4/c1-4-18-10(17)9(16)8(15)7-5-12-11(13-6-7)14(2)3/h5-6,8-9,15-16H,4H2,1-3H3. The number of rotatable bonds is 5. The molecule has 7 nitrogen and oxygen atoms in total. The lowest BCUT2D eigenvalue weighted by atomic mass is 10.1. The second kappa shape index (κ2) is 6.27. The van der Waals surface area contributed by atoms with Gasteiger partial charge in [-0.05, 0) is 6.92 Å². The maximum absolute atomic E-state index is 11.3. The van der Waals surface area contributed by atoms with Gasteiger partial charge < -0.3 is 19.8 Å². The van der Waals surface area contributed by atoms with Crippen LogP contribution in [0.2, 0.25) is 0 Å². The van der Waals surface area contributed by atoms with Gasteiger partial charge >= 0.3 is 5.97 Å². The van der Waals surface area contributed by atoms with Crippen LogP contribution < -0.4 is 4.90 Å². The van der Waals surface area contributed by atoms with Gasteiger partial charge in [-0.15, -0.1) is 0 Å². The molecule has 0 aromatic carbocycles. The number of ether oxygens (including phenoxy) is 1. The predicted molar refractivity (Wildman–Crippen MR) is 64.0 cm³/mol. The summed E-state index contributed by atoms with van der Waals surface area (Å²) >= 11 is 0. The van der Waals surface area contributed by atoms with E-state index in [1.54, 1.807) is 25.9 Å². The number of anilines is 1. The molecule has 0 saturated heterocycles. The van der Waals surface area contributed by atoms with Gasteiger partial charge in [0.05, 0.1) is 6.61 Å². The molecule has 0 spiro atoms. The first-order valence-corrected chi connectivity index (χ1v) is 5.49. The average Bonchev–Trinajstić information content (AvgIpc) is 2.37. The van der Waals surface area contributed by atoms with E-state index in [1.807, 2.05) is 0 Å². The van der Waals surface area contributed by atoms with Crippen LogP contribution in [-0.2, 0) is 9.53 Å². The minimum Gasteiger partial charge on any atom is -0.464 e. The summed E-state index contributed by atoms with van der Waals surface area (Å²) in [6.45, 7) is 1.75. The number of esters is 1. The Bertz CT molecular complexity index is 394. The summed E-state index contributed by atoms with van der Waals surface area (Å²) in [5.74, 6) is -0.404. The van der Waals surface area contributed by atoms with E-state index < -0.39 is 18.2 Å². The van der Waals surface area contributed by atoms with Gasteiger partial charge in [0.15, 0.2) is 6.10 Å². The smallest absolute Gasteiger partial charge is 0.338 e. The molecule has 2 unspecified atom stereocenters. The molecule has 0 fully saturated rings. The zero-order valence-electron chi connectivity index (χ0n) is 10.6. The maximum atomic E-state index is 11.3. The first-order chi connectivity index (χ1) is 8.47. The van der Waals surface area contributed by atoms with Gasteiger partial charge in [0.25, 0.3) is 0 Å². The highest BCUT2D eigenvalue weighted by Gasteiger charge is 2.27. The summed E-state index contributed by atoms with van der Waals surface area (Å²) in [4.78, 5) is 20.9. The quantitative estimate of drug-likeness (QED) is 0.685. The summed E-state index contributed by atoms with van der Waals surface area (Å²) in [5, 5.41) is 19.3. The highest BCUT2D eigenvalue weighted by atomic mass is 16.5. The molecule has 0 radical (unpaired) electrons. The molecule has 100 valence electrons. The molecule has 0 aliphatic carbocycles. The van der Waals surface area contributed by atoms with Crippen LogP contribution in [0.3, 0.4) is 0 Å². The van der Waals surface area contributed by atoms with Gasteiger partial charge in [-0.3, -0.25) is 0 Å². The van der Waals surface area contributed by atoms with E-state index in [2.05, 4.69) is 14.7 Å². The molecule has 1 aromatic rings. The van der Waals surface area contributed by atoms with Crippen LogP contribution in [-0.4, -0.2) is 53.0 Å². The van der Waals surface area contributed by atoms with Crippen molar-refractivity contribution >= 4 is 11.9 Å². The lowest BCUT2D eigenvalue weighted by Gasteiger charge is -2.17. The van der Waals surface area contributed by atoms with Gasteiger partial charge in [-0.25, -0.2) is 14.8 Å². The fraction of sp³-hybridized carbons (Fsp3) is 0.545. The first-order valence-electron chi connectivity index (χ1n) is 5.49. The van der Waals surface area contributed by atoms with Gasteiger partial charge in [-0.2, -0.15) is 0 Å². The number of aromatic nitrogens is 2. The Balaban J connectivity index is 2.77. The minimum atomic E-state index is -1.64. The maximum Gasteiger partial charge on any atom is 0.338 e. The zero-order valence-corrected chi connectivity index (χ0v) is 10.6. The Morgan fingerprint density at radius 2 is 1.94 bits per heavy atom. The van der Waals surface area contributed by atoms with Gasteiger partial charge in [-0.1, -0.05) is 0 Å². The monoisotopic (exact) mass is 255 g/mol. The topological polar surface area (TPSA) is 95.8 Å². The van der Waals surface area contributed by atoms with Gasteiger partial charge in [0.2, 0.25) is 5.95 Å². The molecule has 0 bridgehead atoms. The van der Waals surface area contributed by atoms with Crippen LogP contribution in [0.25, 0.3) is 0 Å². The van der Waals surface area contributed by atoms with Crippen LogP contribution in [0.1, 0.15) is 18.6 Å². The van der Waals surface area contributed by atoms with Crippen LogP contribution in [0.15, 0.2) is 12.4 Å². The number of nitrogens with zero attached hydrogens (tertiary/aromatic N) is 3. The lowest BCUT2D eigenvalue weighted by molar-refractivity contribution is -0.159. The van der Waals surface area contributed by atoms with Crippen molar-refractivity contribution in [2.45, 2.75) is 19.1 Å². The molecule has 0 aliphatic rings. The third kappa shape index (κ3) is 3.38. The number of aliphatic hydroxyl groups excluding tert-OH is 2. The van der Waals surface area contributed by atoms with Crippen molar-refractivity contribution in [3.8, 4) is 0 Å². The van der Waals surface area contributed by atoms with E-state index >= 15 is 0 Å². The Hall–Kier alpha value is -1.73. The third-order valence-corrected chi connectivity index (χ3v) is 2.23. The van der Waals surface area contributed by atoms with E-state index in [-0.39, 0.29) is 12.2 Å². The van der Waals surface area contributed by atoms with Crippen LogP contribution in [0.4, 0.5) is 5.95 Å². The first kappa shape index (κ1) is 14.3. The van der Waals surface area contributed by atoms with Crippen molar-refractivity contribution in [3.05, 3.63) is 18.0 Å². The number of carbonyl (C=O) groups is 1. The molecule has 7 heteroatoms. The second-order valence-electron chi connectivity index (χ2n) is 3.85. The molecule has 1 heterocycles. The van der Waals surface area contributed by atoms with Crippen LogP contribution in [0.5, 0.6) is 0 Å². The number of hydrogen-bond donors (Lipinski definition) is 2. The third-order valence-electron chi connectivity index (χ3n) is 2.23. The summed E-state index contributed by atoms with van der Waals surface area (Å²) in [6, 6.07) is 0. The van der Waals surface area contributed by atoms with Crippen molar-refractivity contribution in [1.29, 1.82) is 0 Å². The Morgan fingerprint density at radius 3 is 2.39 bits per heavy atom. The molecule has 0 aliphatic heterocycles. The lowest BCUT2D eigenvalue weighted by Crippen LogP contribution is -2.30. The molecule has 18 heavy (non-hydrogen) atoms. The number of carbonyl (C=O) groups excluding carboxylic acids is 1.